The molecule has 1 aliphatic heterocycles. The Balaban J connectivity index is 1.88. The van der Waals surface area contributed by atoms with E-state index in [1.54, 1.807) is 17.4 Å². The lowest BCUT2D eigenvalue weighted by atomic mass is 10.1. The van der Waals surface area contributed by atoms with E-state index in [-0.39, 0.29) is 6.03 Å². The molecule has 1 saturated heterocycles. The standard InChI is InChI=1S/C12H18N2O2/c1-13(9-11-5-8-16-10-11)12(15)14-6-3-2-4-7-14/h5,8,10H,2-4,6-7,9H2,1H3. The second-order valence-corrected chi connectivity index (χ2v) is 4.32. The first-order chi connectivity index (χ1) is 7.77. The van der Waals surface area contributed by atoms with Crippen LogP contribution in [0.15, 0.2) is 23.0 Å². The molecule has 1 fully saturated rings. The third-order valence-electron chi connectivity index (χ3n) is 2.95. The fourth-order valence-electron chi connectivity index (χ4n) is 2.05. The van der Waals surface area contributed by atoms with E-state index in [2.05, 4.69) is 0 Å². The van der Waals surface area contributed by atoms with Crippen LogP contribution in [0.2, 0.25) is 0 Å². The number of likely N-dealkylation sites (tertiary alicyclic amines) is 1. The molecule has 0 unspecified atom stereocenters. The minimum atomic E-state index is 0.126. The Hall–Kier alpha value is -1.45. The van der Waals surface area contributed by atoms with Crippen molar-refractivity contribution in [2.45, 2.75) is 25.8 Å². The molecule has 0 aromatic carbocycles. The summed E-state index contributed by atoms with van der Waals surface area (Å²) >= 11 is 0. The zero-order valence-electron chi connectivity index (χ0n) is 9.69. The van der Waals surface area contributed by atoms with Crippen molar-refractivity contribution in [2.75, 3.05) is 20.1 Å². The third kappa shape index (κ3) is 2.56. The predicted molar refractivity (Wildman–Crippen MR) is 61.0 cm³/mol. The number of amides is 2. The molecule has 0 N–H and O–H groups in total. The highest BCUT2D eigenvalue weighted by Crippen LogP contribution is 2.12. The SMILES string of the molecule is CN(Cc1ccoc1)C(=O)N1CCCCC1. The summed E-state index contributed by atoms with van der Waals surface area (Å²) in [6.07, 6.45) is 6.82. The molecular weight excluding hydrogens is 204 g/mol. The molecular formula is C12H18N2O2. The van der Waals surface area contributed by atoms with Gasteiger partial charge in [-0.05, 0) is 25.3 Å². The molecule has 0 radical (unpaired) electrons. The lowest BCUT2D eigenvalue weighted by molar-refractivity contribution is 0.151. The van der Waals surface area contributed by atoms with Gasteiger partial charge in [0.1, 0.15) is 0 Å². The molecule has 88 valence electrons. The van der Waals surface area contributed by atoms with Crippen LogP contribution in [0.4, 0.5) is 4.79 Å². The number of hydrogen-bond acceptors (Lipinski definition) is 2. The lowest BCUT2D eigenvalue weighted by Crippen LogP contribution is -2.43. The van der Waals surface area contributed by atoms with Crippen molar-refractivity contribution in [1.82, 2.24) is 9.80 Å². The first-order valence-corrected chi connectivity index (χ1v) is 5.78. The molecule has 2 rings (SSSR count). The number of piperidine rings is 1. The van der Waals surface area contributed by atoms with Gasteiger partial charge in [-0.3, -0.25) is 0 Å². The summed E-state index contributed by atoms with van der Waals surface area (Å²) in [5.74, 6) is 0. The van der Waals surface area contributed by atoms with Gasteiger partial charge in [0, 0.05) is 25.7 Å². The van der Waals surface area contributed by atoms with Gasteiger partial charge < -0.3 is 14.2 Å². The van der Waals surface area contributed by atoms with Crippen LogP contribution in [-0.4, -0.2) is 36.0 Å². The van der Waals surface area contributed by atoms with E-state index in [4.69, 9.17) is 4.42 Å². The summed E-state index contributed by atoms with van der Waals surface area (Å²) in [5.41, 5.74) is 1.04. The Morgan fingerprint density at radius 2 is 2.19 bits per heavy atom. The average molecular weight is 222 g/mol. The molecule has 0 atom stereocenters. The van der Waals surface area contributed by atoms with Crippen LogP contribution in [0.3, 0.4) is 0 Å². The molecule has 2 heterocycles. The van der Waals surface area contributed by atoms with E-state index in [1.165, 1.54) is 6.42 Å². The maximum absolute atomic E-state index is 12.0. The van der Waals surface area contributed by atoms with Crippen LogP contribution < -0.4 is 0 Å². The van der Waals surface area contributed by atoms with Gasteiger partial charge in [-0.25, -0.2) is 4.79 Å². The van der Waals surface area contributed by atoms with E-state index in [9.17, 15) is 4.79 Å². The van der Waals surface area contributed by atoms with E-state index in [0.717, 1.165) is 31.5 Å². The molecule has 0 saturated carbocycles. The Morgan fingerprint density at radius 3 is 2.81 bits per heavy atom. The van der Waals surface area contributed by atoms with Crippen LogP contribution in [-0.2, 0) is 6.54 Å². The molecule has 4 heteroatoms. The molecule has 0 bridgehead atoms. The van der Waals surface area contributed by atoms with E-state index in [0.29, 0.717) is 6.54 Å². The molecule has 1 aliphatic rings. The van der Waals surface area contributed by atoms with Gasteiger partial charge in [0.05, 0.1) is 19.1 Å². The highest BCUT2D eigenvalue weighted by atomic mass is 16.3. The van der Waals surface area contributed by atoms with Crippen LogP contribution >= 0.6 is 0 Å². The quantitative estimate of drug-likeness (QED) is 0.770. The first-order valence-electron chi connectivity index (χ1n) is 5.78. The van der Waals surface area contributed by atoms with Gasteiger partial charge in [0.15, 0.2) is 0 Å². The van der Waals surface area contributed by atoms with Gasteiger partial charge >= 0.3 is 6.03 Å². The van der Waals surface area contributed by atoms with Gasteiger partial charge in [0.25, 0.3) is 0 Å². The normalized spacial score (nSPS) is 16.2. The van der Waals surface area contributed by atoms with Gasteiger partial charge in [-0.1, -0.05) is 0 Å². The zero-order chi connectivity index (χ0) is 11.4. The van der Waals surface area contributed by atoms with Gasteiger partial charge in [-0.2, -0.15) is 0 Å². The van der Waals surface area contributed by atoms with E-state index >= 15 is 0 Å². The second kappa shape index (κ2) is 5.05. The molecule has 4 nitrogen and oxygen atoms in total. The Kier molecular flexibility index (Phi) is 3.49. The van der Waals surface area contributed by atoms with Crippen LogP contribution in [0, 0.1) is 0 Å². The van der Waals surface area contributed by atoms with Crippen LogP contribution in [0.25, 0.3) is 0 Å². The number of hydrogen-bond donors (Lipinski definition) is 0. The maximum atomic E-state index is 12.0. The summed E-state index contributed by atoms with van der Waals surface area (Å²) in [6, 6.07) is 2.01. The summed E-state index contributed by atoms with van der Waals surface area (Å²) in [5, 5.41) is 0. The first kappa shape index (κ1) is 11.0. The minimum absolute atomic E-state index is 0.126. The van der Waals surface area contributed by atoms with Gasteiger partial charge in [0.2, 0.25) is 0 Å². The van der Waals surface area contributed by atoms with Crippen molar-refractivity contribution in [2.24, 2.45) is 0 Å². The van der Waals surface area contributed by atoms with Gasteiger partial charge in [-0.15, -0.1) is 0 Å². The van der Waals surface area contributed by atoms with Crippen molar-refractivity contribution >= 4 is 6.03 Å². The Bertz CT molecular complexity index is 329. The summed E-state index contributed by atoms with van der Waals surface area (Å²) < 4.78 is 4.99. The number of carbonyl (C=O) groups excluding carboxylic acids is 1. The number of furan rings is 1. The molecule has 0 spiro atoms. The average Bonchev–Trinajstić information content (AvgIpc) is 2.82. The summed E-state index contributed by atoms with van der Waals surface area (Å²) in [4.78, 5) is 15.7. The van der Waals surface area contributed by atoms with Crippen molar-refractivity contribution in [3.8, 4) is 0 Å². The Morgan fingerprint density at radius 1 is 1.44 bits per heavy atom. The number of nitrogens with zero attached hydrogens (tertiary/aromatic N) is 2. The van der Waals surface area contributed by atoms with Crippen LogP contribution in [0.5, 0.6) is 0 Å². The lowest BCUT2D eigenvalue weighted by Gasteiger charge is -2.30. The Labute approximate surface area is 95.8 Å². The topological polar surface area (TPSA) is 36.7 Å². The highest BCUT2D eigenvalue weighted by molar-refractivity contribution is 5.74. The minimum Gasteiger partial charge on any atom is -0.472 e. The van der Waals surface area contributed by atoms with E-state index < -0.39 is 0 Å². The smallest absolute Gasteiger partial charge is 0.320 e. The fraction of sp³-hybridized carbons (Fsp3) is 0.583. The highest BCUT2D eigenvalue weighted by Gasteiger charge is 2.19. The fourth-order valence-corrected chi connectivity index (χ4v) is 2.05. The molecule has 1 aromatic heterocycles. The molecule has 2 amide bonds. The molecule has 16 heavy (non-hydrogen) atoms. The van der Waals surface area contributed by atoms with Crippen molar-refractivity contribution in [3.05, 3.63) is 24.2 Å². The summed E-state index contributed by atoms with van der Waals surface area (Å²) in [7, 11) is 1.84. The zero-order valence-corrected chi connectivity index (χ0v) is 9.69. The van der Waals surface area contributed by atoms with E-state index in [1.807, 2.05) is 18.0 Å². The van der Waals surface area contributed by atoms with Crippen molar-refractivity contribution in [1.29, 1.82) is 0 Å². The summed E-state index contributed by atoms with van der Waals surface area (Å²) in [6.45, 7) is 2.41. The van der Waals surface area contributed by atoms with Crippen molar-refractivity contribution < 1.29 is 9.21 Å². The van der Waals surface area contributed by atoms with Crippen molar-refractivity contribution in [3.63, 3.8) is 0 Å². The number of urea groups is 1. The maximum Gasteiger partial charge on any atom is 0.320 e. The predicted octanol–water partition coefficient (Wildman–Crippen LogP) is 2.32. The monoisotopic (exact) mass is 222 g/mol. The largest absolute Gasteiger partial charge is 0.472 e. The third-order valence-corrected chi connectivity index (χ3v) is 2.95. The molecule has 0 aliphatic carbocycles. The second-order valence-electron chi connectivity index (χ2n) is 4.32. The molecule has 1 aromatic rings. The number of rotatable bonds is 2. The number of carbonyl (C=O) groups is 1. The van der Waals surface area contributed by atoms with Crippen LogP contribution in [0.1, 0.15) is 24.8 Å².